The molecule has 0 fully saturated rings. The van der Waals surface area contributed by atoms with E-state index in [1.807, 2.05) is 6.92 Å². The summed E-state index contributed by atoms with van der Waals surface area (Å²) in [4.78, 5) is 22.7. The van der Waals surface area contributed by atoms with Crippen molar-refractivity contribution in [2.24, 2.45) is 5.92 Å². The number of nitrogens with one attached hydrogen (secondary N) is 1. The summed E-state index contributed by atoms with van der Waals surface area (Å²) in [5.41, 5.74) is -0.0109. The molecule has 1 aromatic rings. The van der Waals surface area contributed by atoms with Crippen molar-refractivity contribution >= 4 is 27.8 Å². The lowest BCUT2D eigenvalue weighted by Gasteiger charge is -2.15. The zero-order chi connectivity index (χ0) is 16.0. The van der Waals surface area contributed by atoms with E-state index < -0.39 is 23.6 Å². The molecule has 0 saturated carbocycles. The van der Waals surface area contributed by atoms with Crippen LogP contribution in [0.3, 0.4) is 0 Å². The van der Waals surface area contributed by atoms with E-state index in [0.29, 0.717) is 23.7 Å². The van der Waals surface area contributed by atoms with Gasteiger partial charge >= 0.3 is 5.97 Å². The van der Waals surface area contributed by atoms with E-state index in [0.717, 1.165) is 0 Å². The summed E-state index contributed by atoms with van der Waals surface area (Å²) in [7, 11) is 0. The molecule has 1 amide bonds. The molecule has 4 nitrogen and oxygen atoms in total. The molecule has 21 heavy (non-hydrogen) atoms. The molecule has 0 saturated heterocycles. The van der Waals surface area contributed by atoms with Gasteiger partial charge < -0.3 is 10.4 Å². The number of carboxylic acids is 1. The molecular formula is C15H19BrFNO3. The summed E-state index contributed by atoms with van der Waals surface area (Å²) >= 11 is 3.16. The van der Waals surface area contributed by atoms with Gasteiger partial charge in [0, 0.05) is 10.5 Å². The lowest BCUT2D eigenvalue weighted by atomic mass is 10.0. The van der Waals surface area contributed by atoms with Gasteiger partial charge in [0.1, 0.15) is 5.82 Å². The van der Waals surface area contributed by atoms with Crippen LogP contribution in [0.15, 0.2) is 22.7 Å². The Morgan fingerprint density at radius 3 is 2.57 bits per heavy atom. The summed E-state index contributed by atoms with van der Waals surface area (Å²) < 4.78 is 14.1. The zero-order valence-corrected chi connectivity index (χ0v) is 13.6. The van der Waals surface area contributed by atoms with Crippen LogP contribution in [-0.2, 0) is 4.79 Å². The molecule has 0 spiro atoms. The number of halogens is 2. The van der Waals surface area contributed by atoms with Crippen LogP contribution in [0.5, 0.6) is 0 Å². The van der Waals surface area contributed by atoms with Crippen LogP contribution in [0, 0.1) is 11.7 Å². The second-order valence-electron chi connectivity index (χ2n) is 5.14. The number of carbonyl (C=O) groups excluding carboxylic acids is 1. The van der Waals surface area contributed by atoms with Crippen molar-refractivity contribution in [2.75, 3.05) is 0 Å². The van der Waals surface area contributed by atoms with Gasteiger partial charge in [0.15, 0.2) is 0 Å². The fourth-order valence-electron chi connectivity index (χ4n) is 1.94. The molecule has 0 radical (unpaired) electrons. The van der Waals surface area contributed by atoms with Gasteiger partial charge in [0.05, 0.1) is 11.5 Å². The molecule has 1 rings (SSSR count). The van der Waals surface area contributed by atoms with Crippen LogP contribution in [0.25, 0.3) is 0 Å². The number of aliphatic carboxylic acids is 1. The molecule has 2 N–H and O–H groups in total. The van der Waals surface area contributed by atoms with Crippen LogP contribution in [0.4, 0.5) is 4.39 Å². The molecule has 0 aromatic heterocycles. The normalized spacial score (nSPS) is 13.5. The SMILES string of the molecule is CC(CCCC(C)C(=O)O)NC(=O)c1c(F)cccc1Br. The second kappa shape index (κ2) is 8.12. The number of rotatable bonds is 7. The number of benzene rings is 1. The molecule has 0 aliphatic carbocycles. The highest BCUT2D eigenvalue weighted by Gasteiger charge is 2.17. The van der Waals surface area contributed by atoms with Gasteiger partial charge in [0.2, 0.25) is 0 Å². The van der Waals surface area contributed by atoms with E-state index >= 15 is 0 Å². The monoisotopic (exact) mass is 359 g/mol. The first-order valence-electron chi connectivity index (χ1n) is 6.80. The van der Waals surface area contributed by atoms with Crippen molar-refractivity contribution in [1.82, 2.24) is 5.32 Å². The Hall–Kier alpha value is -1.43. The Balaban J connectivity index is 2.49. The van der Waals surface area contributed by atoms with E-state index in [2.05, 4.69) is 21.2 Å². The molecule has 0 bridgehead atoms. The smallest absolute Gasteiger partial charge is 0.306 e. The third-order valence-electron chi connectivity index (χ3n) is 3.26. The molecule has 0 aliphatic heterocycles. The van der Waals surface area contributed by atoms with Gasteiger partial charge in [-0.25, -0.2) is 4.39 Å². The molecule has 0 aliphatic rings. The highest BCUT2D eigenvalue weighted by molar-refractivity contribution is 9.10. The molecule has 116 valence electrons. The number of hydrogen-bond acceptors (Lipinski definition) is 2. The summed E-state index contributed by atoms with van der Waals surface area (Å²) in [6.45, 7) is 3.47. The molecule has 0 heterocycles. The zero-order valence-electron chi connectivity index (χ0n) is 12.0. The number of carbonyl (C=O) groups is 2. The Kier molecular flexibility index (Phi) is 6.81. The topological polar surface area (TPSA) is 66.4 Å². The first kappa shape index (κ1) is 17.6. The van der Waals surface area contributed by atoms with Gasteiger partial charge in [0.25, 0.3) is 5.91 Å². The van der Waals surface area contributed by atoms with Crippen molar-refractivity contribution in [1.29, 1.82) is 0 Å². The van der Waals surface area contributed by atoms with Crippen molar-refractivity contribution < 1.29 is 19.1 Å². The minimum Gasteiger partial charge on any atom is -0.481 e. The second-order valence-corrected chi connectivity index (χ2v) is 6.00. The lowest BCUT2D eigenvalue weighted by Crippen LogP contribution is -2.33. The maximum absolute atomic E-state index is 13.6. The van der Waals surface area contributed by atoms with Gasteiger partial charge in [-0.1, -0.05) is 19.4 Å². The molecule has 2 atom stereocenters. The summed E-state index contributed by atoms with van der Waals surface area (Å²) in [6.07, 6.45) is 1.89. The lowest BCUT2D eigenvalue weighted by molar-refractivity contribution is -0.141. The van der Waals surface area contributed by atoms with Crippen LogP contribution >= 0.6 is 15.9 Å². The Bertz CT molecular complexity index is 501. The molecular weight excluding hydrogens is 341 g/mol. The van der Waals surface area contributed by atoms with E-state index in [1.54, 1.807) is 13.0 Å². The maximum Gasteiger partial charge on any atom is 0.306 e. The first-order chi connectivity index (χ1) is 9.82. The van der Waals surface area contributed by atoms with E-state index in [4.69, 9.17) is 5.11 Å². The summed E-state index contributed by atoms with van der Waals surface area (Å²) in [5.74, 6) is -2.26. The third-order valence-corrected chi connectivity index (χ3v) is 3.92. The average Bonchev–Trinajstić information content (AvgIpc) is 2.37. The average molecular weight is 360 g/mol. The molecule has 6 heteroatoms. The Morgan fingerprint density at radius 2 is 2.00 bits per heavy atom. The number of amides is 1. The van der Waals surface area contributed by atoms with Gasteiger partial charge in [-0.3, -0.25) is 9.59 Å². The van der Waals surface area contributed by atoms with Crippen LogP contribution < -0.4 is 5.32 Å². The fraction of sp³-hybridized carbons (Fsp3) is 0.467. The van der Waals surface area contributed by atoms with Crippen molar-refractivity contribution in [3.63, 3.8) is 0 Å². The highest BCUT2D eigenvalue weighted by atomic mass is 79.9. The molecule has 2 unspecified atom stereocenters. The largest absolute Gasteiger partial charge is 0.481 e. The Morgan fingerprint density at radius 1 is 1.33 bits per heavy atom. The highest BCUT2D eigenvalue weighted by Crippen LogP contribution is 2.20. The van der Waals surface area contributed by atoms with Crippen molar-refractivity contribution in [3.8, 4) is 0 Å². The standard InChI is InChI=1S/C15H19BrFNO3/c1-9(15(20)21)5-3-6-10(2)18-14(19)13-11(16)7-4-8-12(13)17/h4,7-10H,3,5-6H2,1-2H3,(H,18,19)(H,20,21). The predicted octanol–water partition coefficient (Wildman–Crippen LogP) is 3.60. The van der Waals surface area contributed by atoms with Crippen LogP contribution in [0.1, 0.15) is 43.5 Å². The maximum atomic E-state index is 13.6. The fourth-order valence-corrected chi connectivity index (χ4v) is 2.46. The van der Waals surface area contributed by atoms with E-state index in [9.17, 15) is 14.0 Å². The van der Waals surface area contributed by atoms with Crippen molar-refractivity contribution in [2.45, 2.75) is 39.2 Å². The van der Waals surface area contributed by atoms with E-state index in [1.165, 1.54) is 12.1 Å². The van der Waals surface area contributed by atoms with Gasteiger partial charge in [-0.15, -0.1) is 0 Å². The summed E-state index contributed by atoms with van der Waals surface area (Å²) in [6, 6.07) is 4.22. The molecule has 1 aromatic carbocycles. The number of hydrogen-bond donors (Lipinski definition) is 2. The summed E-state index contributed by atoms with van der Waals surface area (Å²) in [5, 5.41) is 11.5. The van der Waals surface area contributed by atoms with E-state index in [-0.39, 0.29) is 11.6 Å². The van der Waals surface area contributed by atoms with Crippen LogP contribution in [-0.4, -0.2) is 23.0 Å². The van der Waals surface area contributed by atoms with Gasteiger partial charge in [-0.05, 0) is 47.8 Å². The predicted molar refractivity (Wildman–Crippen MR) is 81.7 cm³/mol. The number of carboxylic acid groups (broad SMARTS) is 1. The quantitative estimate of drug-likeness (QED) is 0.781. The minimum atomic E-state index is -0.818. The first-order valence-corrected chi connectivity index (χ1v) is 7.60. The third kappa shape index (κ3) is 5.46. The van der Waals surface area contributed by atoms with Crippen LogP contribution in [0.2, 0.25) is 0 Å². The van der Waals surface area contributed by atoms with Crippen molar-refractivity contribution in [3.05, 3.63) is 34.1 Å². The Labute approximate surface area is 131 Å². The van der Waals surface area contributed by atoms with Gasteiger partial charge in [-0.2, -0.15) is 0 Å². The minimum absolute atomic E-state index is 0.0109.